The second-order valence-corrected chi connectivity index (χ2v) is 8.70. The molecule has 0 bridgehead atoms. The first-order valence-corrected chi connectivity index (χ1v) is 11.9. The number of carboxylic acids is 1. The Morgan fingerprint density at radius 3 is 2.00 bits per heavy atom. The van der Waals surface area contributed by atoms with Gasteiger partial charge in [0, 0.05) is 6.54 Å². The Labute approximate surface area is 197 Å². The third-order valence-electron chi connectivity index (χ3n) is 4.59. The number of carboxylic acid groups (broad SMARTS) is 1. The van der Waals surface area contributed by atoms with Crippen molar-refractivity contribution >= 4 is 41.4 Å². The molecule has 14 heteroatoms. The molecule has 33 heavy (non-hydrogen) atoms. The van der Waals surface area contributed by atoms with Crippen molar-refractivity contribution < 1.29 is 29.4 Å². The molecular weight excluding hydrogens is 454 g/mol. The molecule has 4 unspecified atom stereocenters. The summed E-state index contributed by atoms with van der Waals surface area (Å²) in [4.78, 5) is 53.1. The number of hydrogen-bond donors (Lipinski definition) is 8. The highest BCUT2D eigenvalue weighted by molar-refractivity contribution is 7.98. The maximum absolute atomic E-state index is 12.9. The molecule has 190 valence electrons. The van der Waals surface area contributed by atoms with Crippen LogP contribution < -0.4 is 33.2 Å². The average molecular weight is 492 g/mol. The maximum Gasteiger partial charge on any atom is 0.326 e. The number of nitrogens with zero attached hydrogens (tertiary/aromatic N) is 1. The van der Waals surface area contributed by atoms with E-state index in [1.165, 1.54) is 11.8 Å². The van der Waals surface area contributed by atoms with Gasteiger partial charge in [0.1, 0.15) is 24.2 Å². The monoisotopic (exact) mass is 491 g/mol. The van der Waals surface area contributed by atoms with E-state index in [1.807, 2.05) is 6.26 Å². The number of carbonyl (C=O) groups excluding carboxylic acids is 3. The lowest BCUT2D eigenvalue weighted by Gasteiger charge is -2.26. The molecule has 0 aliphatic heterocycles. The fourth-order valence-electron chi connectivity index (χ4n) is 2.68. The van der Waals surface area contributed by atoms with Gasteiger partial charge >= 0.3 is 5.97 Å². The van der Waals surface area contributed by atoms with Gasteiger partial charge in [0.15, 0.2) is 5.96 Å². The molecule has 0 fully saturated rings. The normalized spacial score (nSPS) is 14.5. The SMILES string of the molecule is CSCCC(NC(=O)C(CCCN=C(N)N)NC(=O)C(N)CO)C(=O)NC(C(=O)O)C(C)C. The van der Waals surface area contributed by atoms with E-state index >= 15 is 0 Å². The number of carbonyl (C=O) groups is 4. The van der Waals surface area contributed by atoms with E-state index in [0.717, 1.165) is 0 Å². The van der Waals surface area contributed by atoms with Gasteiger partial charge in [0.05, 0.1) is 6.61 Å². The summed E-state index contributed by atoms with van der Waals surface area (Å²) in [5.41, 5.74) is 16.1. The van der Waals surface area contributed by atoms with Crippen LogP contribution in [0.1, 0.15) is 33.1 Å². The fraction of sp³-hybridized carbons (Fsp3) is 0.737. The number of thioether (sulfide) groups is 1. The molecule has 3 amide bonds. The highest BCUT2D eigenvalue weighted by atomic mass is 32.2. The Kier molecular flexibility index (Phi) is 14.8. The number of aliphatic imine (C=N–C) groups is 1. The number of nitrogens with two attached hydrogens (primary N) is 3. The summed E-state index contributed by atoms with van der Waals surface area (Å²) in [6.45, 7) is 2.90. The zero-order chi connectivity index (χ0) is 25.6. The van der Waals surface area contributed by atoms with Gasteiger partial charge in [-0.05, 0) is 37.2 Å². The van der Waals surface area contributed by atoms with Crippen LogP contribution in [0.5, 0.6) is 0 Å². The molecule has 0 heterocycles. The van der Waals surface area contributed by atoms with Crippen LogP contribution in [0.25, 0.3) is 0 Å². The summed E-state index contributed by atoms with van der Waals surface area (Å²) < 4.78 is 0. The molecule has 4 atom stereocenters. The fourth-order valence-corrected chi connectivity index (χ4v) is 3.15. The van der Waals surface area contributed by atoms with Crippen molar-refractivity contribution in [2.75, 3.05) is 25.2 Å². The third kappa shape index (κ3) is 12.3. The van der Waals surface area contributed by atoms with Gasteiger partial charge in [0.25, 0.3) is 0 Å². The number of hydrogen-bond acceptors (Lipinski definition) is 8. The van der Waals surface area contributed by atoms with Crippen LogP contribution in [-0.2, 0) is 19.2 Å². The zero-order valence-electron chi connectivity index (χ0n) is 19.2. The summed E-state index contributed by atoms with van der Waals surface area (Å²) in [6.07, 6.45) is 2.54. The van der Waals surface area contributed by atoms with Crippen LogP contribution in [0.3, 0.4) is 0 Å². The topological polar surface area (TPSA) is 235 Å². The van der Waals surface area contributed by atoms with E-state index < -0.39 is 54.5 Å². The minimum absolute atomic E-state index is 0.116. The van der Waals surface area contributed by atoms with Crippen molar-refractivity contribution in [2.24, 2.45) is 28.1 Å². The highest BCUT2D eigenvalue weighted by Gasteiger charge is 2.30. The van der Waals surface area contributed by atoms with E-state index in [1.54, 1.807) is 13.8 Å². The van der Waals surface area contributed by atoms with Crippen LogP contribution in [0.4, 0.5) is 0 Å². The van der Waals surface area contributed by atoms with Crippen molar-refractivity contribution in [1.29, 1.82) is 0 Å². The van der Waals surface area contributed by atoms with Crippen LogP contribution in [0.15, 0.2) is 4.99 Å². The van der Waals surface area contributed by atoms with Crippen LogP contribution in [-0.4, -0.2) is 89.2 Å². The summed E-state index contributed by atoms with van der Waals surface area (Å²) in [5.74, 6) is -3.19. The molecule has 0 aliphatic rings. The van der Waals surface area contributed by atoms with Crippen molar-refractivity contribution in [3.63, 3.8) is 0 Å². The molecule has 0 saturated carbocycles. The first-order chi connectivity index (χ1) is 15.4. The van der Waals surface area contributed by atoms with Crippen molar-refractivity contribution in [2.45, 2.75) is 57.3 Å². The molecule has 0 saturated heterocycles. The van der Waals surface area contributed by atoms with E-state index in [-0.39, 0.29) is 31.3 Å². The van der Waals surface area contributed by atoms with E-state index in [9.17, 15) is 24.3 Å². The number of rotatable bonds is 16. The van der Waals surface area contributed by atoms with Gasteiger partial charge in [0.2, 0.25) is 17.7 Å². The summed E-state index contributed by atoms with van der Waals surface area (Å²) in [7, 11) is 0. The van der Waals surface area contributed by atoms with Gasteiger partial charge in [-0.2, -0.15) is 11.8 Å². The van der Waals surface area contributed by atoms with Gasteiger partial charge in [-0.3, -0.25) is 19.4 Å². The Morgan fingerprint density at radius 1 is 0.970 bits per heavy atom. The third-order valence-corrected chi connectivity index (χ3v) is 5.23. The number of aliphatic carboxylic acids is 1. The Bertz CT molecular complexity index is 688. The number of amides is 3. The predicted molar refractivity (Wildman–Crippen MR) is 126 cm³/mol. The molecule has 13 nitrogen and oxygen atoms in total. The quantitative estimate of drug-likeness (QED) is 0.0632. The van der Waals surface area contributed by atoms with Crippen molar-refractivity contribution in [1.82, 2.24) is 16.0 Å². The maximum atomic E-state index is 12.9. The number of aliphatic hydroxyl groups is 1. The Morgan fingerprint density at radius 2 is 1.52 bits per heavy atom. The lowest BCUT2D eigenvalue weighted by Crippen LogP contribution is -2.58. The van der Waals surface area contributed by atoms with Gasteiger partial charge in [-0.15, -0.1) is 0 Å². The van der Waals surface area contributed by atoms with Crippen LogP contribution >= 0.6 is 11.8 Å². The first-order valence-electron chi connectivity index (χ1n) is 10.5. The van der Waals surface area contributed by atoms with E-state index in [2.05, 4.69) is 20.9 Å². The van der Waals surface area contributed by atoms with E-state index in [4.69, 9.17) is 22.3 Å². The van der Waals surface area contributed by atoms with Crippen molar-refractivity contribution in [3.8, 4) is 0 Å². The molecule has 0 rings (SSSR count). The number of aliphatic hydroxyl groups excluding tert-OH is 1. The zero-order valence-corrected chi connectivity index (χ0v) is 20.1. The predicted octanol–water partition coefficient (Wildman–Crippen LogP) is -2.69. The Balaban J connectivity index is 5.47. The van der Waals surface area contributed by atoms with E-state index in [0.29, 0.717) is 12.2 Å². The first kappa shape index (κ1) is 30.4. The van der Waals surface area contributed by atoms with Crippen LogP contribution in [0.2, 0.25) is 0 Å². The number of guanidine groups is 1. The lowest BCUT2D eigenvalue weighted by atomic mass is 10.0. The standard InChI is InChI=1S/C19H37N7O6S/c1-10(2)14(18(31)32)26-17(30)13(6-8-33-3)25-16(29)12(5-4-7-23-19(21)22)24-15(28)11(20)9-27/h10-14,27H,4-9,20H2,1-3H3,(H,24,28)(H,25,29)(H,26,30)(H,31,32)(H4,21,22,23). The second-order valence-electron chi connectivity index (χ2n) is 7.71. The summed E-state index contributed by atoms with van der Waals surface area (Å²) >= 11 is 1.45. The minimum Gasteiger partial charge on any atom is -0.480 e. The molecule has 11 N–H and O–H groups in total. The minimum atomic E-state index is -1.23. The summed E-state index contributed by atoms with van der Waals surface area (Å²) in [5, 5.41) is 25.9. The van der Waals surface area contributed by atoms with Gasteiger partial charge < -0.3 is 43.4 Å². The lowest BCUT2D eigenvalue weighted by molar-refractivity contribution is -0.143. The summed E-state index contributed by atoms with van der Waals surface area (Å²) in [6, 6.07) is -4.44. The molecule has 0 radical (unpaired) electrons. The number of nitrogens with one attached hydrogen (secondary N) is 3. The van der Waals surface area contributed by atoms with Gasteiger partial charge in [-0.1, -0.05) is 13.8 Å². The second kappa shape index (κ2) is 16.1. The molecule has 0 aliphatic carbocycles. The highest BCUT2D eigenvalue weighted by Crippen LogP contribution is 2.07. The molecular formula is C19H37N7O6S. The van der Waals surface area contributed by atoms with Crippen LogP contribution in [0, 0.1) is 5.92 Å². The Hall–Kier alpha value is -2.58. The smallest absolute Gasteiger partial charge is 0.326 e. The molecule has 0 aromatic carbocycles. The molecule has 0 aromatic heterocycles. The largest absolute Gasteiger partial charge is 0.480 e. The van der Waals surface area contributed by atoms with Crippen molar-refractivity contribution in [3.05, 3.63) is 0 Å². The average Bonchev–Trinajstić information content (AvgIpc) is 2.74. The molecule has 0 aromatic rings. The van der Waals surface area contributed by atoms with Gasteiger partial charge in [-0.25, -0.2) is 4.79 Å². The molecule has 0 spiro atoms.